The number of benzene rings is 1. The van der Waals surface area contributed by atoms with Crippen LogP contribution in [0.3, 0.4) is 0 Å². The fraction of sp³-hybridized carbons (Fsp3) is 0.615. The molecule has 4 amide bonds. The standard InChI is InChI=1S/C26H39N5O6.ClH/c1-18-25(34)30(2)13-4-5-14-31(26(35)20-8-6-11-27-20)15-7-12-28-24(33)19-9-10-21(22(16-19)36-3)37-17-23(32)29-18;/h9-10,16,18,20,27H,4-8,11-15,17H2,1-3H3,(H,28,33)(H,29,32);1H/t18-,20+;/m0./s1. The minimum absolute atomic E-state index is 0. The highest BCUT2D eigenvalue weighted by Crippen LogP contribution is 2.28. The molecular formula is C26H40ClN5O6. The molecule has 3 N–H and O–H groups in total. The number of ether oxygens (including phenoxy) is 2. The van der Waals surface area contributed by atoms with Gasteiger partial charge in [0.2, 0.25) is 11.8 Å². The first kappa shape index (κ1) is 31.2. The maximum absolute atomic E-state index is 13.1. The maximum Gasteiger partial charge on any atom is 0.258 e. The zero-order chi connectivity index (χ0) is 26.8. The summed E-state index contributed by atoms with van der Waals surface area (Å²) in [7, 11) is 3.16. The average molecular weight is 554 g/mol. The summed E-state index contributed by atoms with van der Waals surface area (Å²) >= 11 is 0. The molecule has 0 radical (unpaired) electrons. The topological polar surface area (TPSA) is 129 Å². The summed E-state index contributed by atoms with van der Waals surface area (Å²) in [6, 6.07) is 3.84. The number of carbonyl (C=O) groups excluding carboxylic acids is 4. The van der Waals surface area contributed by atoms with Gasteiger partial charge in [-0.3, -0.25) is 19.2 Å². The van der Waals surface area contributed by atoms with Crippen LogP contribution in [-0.2, 0) is 14.4 Å². The van der Waals surface area contributed by atoms with Gasteiger partial charge in [0.25, 0.3) is 11.8 Å². The number of methoxy groups -OCH3 is 1. The van der Waals surface area contributed by atoms with E-state index < -0.39 is 11.9 Å². The van der Waals surface area contributed by atoms with Crippen molar-refractivity contribution in [1.29, 1.82) is 0 Å². The van der Waals surface area contributed by atoms with E-state index in [-0.39, 0.29) is 42.8 Å². The molecule has 2 atom stereocenters. The molecule has 38 heavy (non-hydrogen) atoms. The van der Waals surface area contributed by atoms with Crippen LogP contribution in [-0.4, -0.2) is 99.0 Å². The first-order valence-corrected chi connectivity index (χ1v) is 13.0. The van der Waals surface area contributed by atoms with Crippen molar-refractivity contribution >= 4 is 36.0 Å². The summed E-state index contributed by atoms with van der Waals surface area (Å²) in [5.41, 5.74) is 0.393. The Hall–Kier alpha value is -3.05. The fourth-order valence-electron chi connectivity index (χ4n) is 4.53. The molecule has 0 aliphatic carbocycles. The third-order valence-electron chi connectivity index (χ3n) is 6.64. The van der Waals surface area contributed by atoms with Crippen molar-refractivity contribution in [2.75, 3.05) is 53.5 Å². The van der Waals surface area contributed by atoms with E-state index in [9.17, 15) is 19.2 Å². The van der Waals surface area contributed by atoms with Gasteiger partial charge in [0.05, 0.1) is 13.2 Å². The number of amides is 4. The molecule has 1 fully saturated rings. The lowest BCUT2D eigenvalue weighted by Crippen LogP contribution is -2.47. The van der Waals surface area contributed by atoms with Gasteiger partial charge in [-0.1, -0.05) is 0 Å². The highest BCUT2D eigenvalue weighted by atomic mass is 35.5. The van der Waals surface area contributed by atoms with Gasteiger partial charge in [0.1, 0.15) is 6.04 Å². The molecule has 1 aromatic carbocycles. The van der Waals surface area contributed by atoms with Crippen molar-refractivity contribution in [2.45, 2.75) is 51.1 Å². The van der Waals surface area contributed by atoms with Crippen LogP contribution in [0, 0.1) is 0 Å². The van der Waals surface area contributed by atoms with Crippen LogP contribution in [0.15, 0.2) is 18.2 Å². The zero-order valence-electron chi connectivity index (χ0n) is 22.4. The molecule has 4 rings (SSSR count). The summed E-state index contributed by atoms with van der Waals surface area (Å²) in [6.07, 6.45) is 3.89. The second-order valence-corrected chi connectivity index (χ2v) is 9.49. The number of hydrogen-bond donors (Lipinski definition) is 3. The zero-order valence-corrected chi connectivity index (χ0v) is 23.2. The fourth-order valence-corrected chi connectivity index (χ4v) is 4.53. The molecular weight excluding hydrogens is 514 g/mol. The molecule has 1 aromatic rings. The monoisotopic (exact) mass is 553 g/mol. The van der Waals surface area contributed by atoms with E-state index in [2.05, 4.69) is 16.0 Å². The number of rotatable bonds is 2. The quantitative estimate of drug-likeness (QED) is 0.465. The Bertz CT molecular complexity index is 971. The van der Waals surface area contributed by atoms with Crippen LogP contribution in [0.25, 0.3) is 0 Å². The van der Waals surface area contributed by atoms with Gasteiger partial charge in [-0.2, -0.15) is 0 Å². The predicted octanol–water partition coefficient (Wildman–Crippen LogP) is 0.953. The van der Waals surface area contributed by atoms with Crippen LogP contribution < -0.4 is 25.4 Å². The third kappa shape index (κ3) is 8.76. The maximum atomic E-state index is 13.1. The molecule has 1 saturated heterocycles. The highest BCUT2D eigenvalue weighted by molar-refractivity contribution is 5.95. The summed E-state index contributed by atoms with van der Waals surface area (Å²) in [5, 5.41) is 8.82. The van der Waals surface area contributed by atoms with E-state index >= 15 is 0 Å². The predicted molar refractivity (Wildman–Crippen MR) is 145 cm³/mol. The van der Waals surface area contributed by atoms with Crippen molar-refractivity contribution in [3.05, 3.63) is 23.8 Å². The Morgan fingerprint density at radius 3 is 2.50 bits per heavy atom. The second kappa shape index (κ2) is 15.4. The molecule has 0 saturated carbocycles. The number of fused-ring (bicyclic) bond motifs is 18. The molecule has 3 aliphatic rings. The lowest BCUT2D eigenvalue weighted by Gasteiger charge is -2.27. The number of nitrogens with zero attached hydrogens (tertiary/aromatic N) is 2. The number of halogens is 1. The second-order valence-electron chi connectivity index (χ2n) is 9.49. The molecule has 0 unspecified atom stereocenters. The Labute approximate surface area is 230 Å². The Balaban J connectivity index is 0.00000507. The van der Waals surface area contributed by atoms with Crippen molar-refractivity contribution < 1.29 is 28.7 Å². The van der Waals surface area contributed by atoms with Crippen LogP contribution in [0.4, 0.5) is 0 Å². The number of carbonyl (C=O) groups is 4. The highest BCUT2D eigenvalue weighted by Gasteiger charge is 2.27. The molecule has 12 heteroatoms. The van der Waals surface area contributed by atoms with E-state index in [4.69, 9.17) is 9.47 Å². The molecule has 2 bridgehead atoms. The largest absolute Gasteiger partial charge is 0.493 e. The van der Waals surface area contributed by atoms with Crippen molar-refractivity contribution in [1.82, 2.24) is 25.8 Å². The van der Waals surface area contributed by atoms with Crippen molar-refractivity contribution in [3.8, 4) is 11.5 Å². The summed E-state index contributed by atoms with van der Waals surface area (Å²) < 4.78 is 10.9. The molecule has 11 nitrogen and oxygen atoms in total. The van der Waals surface area contributed by atoms with Gasteiger partial charge in [-0.05, 0) is 63.8 Å². The minimum atomic E-state index is -0.713. The SMILES string of the molecule is COc1cc2ccc1OCC(=O)N[C@@H](C)C(=O)N(C)CCCCN(C(=O)[C@H]1CCCN1)CCCNC2=O.Cl. The van der Waals surface area contributed by atoms with E-state index in [1.54, 1.807) is 37.1 Å². The normalized spacial score (nSPS) is 22.4. The van der Waals surface area contributed by atoms with Crippen LogP contribution in [0.2, 0.25) is 0 Å². The molecule has 3 aliphatic heterocycles. The first-order chi connectivity index (χ1) is 17.8. The van der Waals surface area contributed by atoms with Crippen LogP contribution in [0.1, 0.15) is 49.4 Å². The lowest BCUT2D eigenvalue weighted by atomic mass is 10.1. The number of likely N-dealkylation sites (N-methyl/N-ethyl adjacent to an activating group) is 1. The van der Waals surface area contributed by atoms with Gasteiger partial charge in [-0.25, -0.2) is 0 Å². The average Bonchev–Trinajstić information content (AvgIpc) is 3.44. The van der Waals surface area contributed by atoms with Gasteiger partial charge < -0.3 is 35.2 Å². The van der Waals surface area contributed by atoms with Crippen molar-refractivity contribution in [2.24, 2.45) is 0 Å². The minimum Gasteiger partial charge on any atom is -0.493 e. The summed E-state index contributed by atoms with van der Waals surface area (Å²) in [6.45, 7) is 4.21. The van der Waals surface area contributed by atoms with Crippen molar-refractivity contribution in [3.63, 3.8) is 0 Å². The van der Waals surface area contributed by atoms with E-state index in [0.717, 1.165) is 32.2 Å². The Kier molecular flexibility index (Phi) is 12.6. The first-order valence-electron chi connectivity index (χ1n) is 13.0. The number of nitrogens with one attached hydrogen (secondary N) is 3. The molecule has 0 aromatic heterocycles. The van der Waals surface area contributed by atoms with E-state index in [0.29, 0.717) is 49.7 Å². The molecule has 3 heterocycles. The Morgan fingerprint density at radius 2 is 1.79 bits per heavy atom. The van der Waals surface area contributed by atoms with Gasteiger partial charge in [-0.15, -0.1) is 12.4 Å². The lowest BCUT2D eigenvalue weighted by molar-refractivity contribution is -0.135. The van der Waals surface area contributed by atoms with Gasteiger partial charge in [0.15, 0.2) is 18.1 Å². The number of hydrogen-bond acceptors (Lipinski definition) is 7. The van der Waals surface area contributed by atoms with Crippen LogP contribution in [0.5, 0.6) is 11.5 Å². The third-order valence-corrected chi connectivity index (χ3v) is 6.64. The molecule has 0 spiro atoms. The Morgan fingerprint density at radius 1 is 1.05 bits per heavy atom. The summed E-state index contributed by atoms with van der Waals surface area (Å²) in [5.74, 6) is -0.197. The van der Waals surface area contributed by atoms with E-state index in [1.807, 2.05) is 4.90 Å². The van der Waals surface area contributed by atoms with Crippen LogP contribution >= 0.6 is 12.4 Å². The van der Waals surface area contributed by atoms with Gasteiger partial charge >= 0.3 is 0 Å². The summed E-state index contributed by atoms with van der Waals surface area (Å²) in [4.78, 5) is 54.3. The van der Waals surface area contributed by atoms with Gasteiger partial charge in [0, 0.05) is 38.8 Å². The van der Waals surface area contributed by atoms with E-state index in [1.165, 1.54) is 7.11 Å². The smallest absolute Gasteiger partial charge is 0.258 e. The molecule has 212 valence electrons.